The number of ether oxygens (including phenoxy) is 3. The molecule has 1 heterocycles. The first-order valence-corrected chi connectivity index (χ1v) is 11.6. The van der Waals surface area contributed by atoms with E-state index in [0.717, 1.165) is 48.4 Å². The lowest BCUT2D eigenvalue weighted by atomic mass is 9.99. The summed E-state index contributed by atoms with van der Waals surface area (Å²) in [7, 11) is 3.66. The molecule has 0 spiro atoms. The van der Waals surface area contributed by atoms with Crippen LogP contribution in [0.5, 0.6) is 17.2 Å². The molecular weight excluding hydrogens is 404 g/mol. The van der Waals surface area contributed by atoms with Crippen molar-refractivity contribution in [3.05, 3.63) is 54.1 Å². The van der Waals surface area contributed by atoms with Crippen LogP contribution in [0.25, 0.3) is 0 Å². The van der Waals surface area contributed by atoms with Gasteiger partial charge in [-0.05, 0) is 68.7 Å². The molecular formula is C26H38N2O4. The van der Waals surface area contributed by atoms with Crippen molar-refractivity contribution in [3.63, 3.8) is 0 Å². The van der Waals surface area contributed by atoms with Gasteiger partial charge in [0.1, 0.15) is 25.1 Å². The highest BCUT2D eigenvalue weighted by Crippen LogP contribution is 2.28. The second-order valence-electron chi connectivity index (χ2n) is 8.83. The highest BCUT2D eigenvalue weighted by molar-refractivity contribution is 5.43. The molecule has 0 aromatic heterocycles. The van der Waals surface area contributed by atoms with Gasteiger partial charge in [0.15, 0.2) is 11.5 Å². The van der Waals surface area contributed by atoms with Crippen LogP contribution in [0, 0.1) is 5.92 Å². The summed E-state index contributed by atoms with van der Waals surface area (Å²) in [6.45, 7) is 7.75. The molecule has 0 saturated carbocycles. The molecule has 0 aliphatic carbocycles. The van der Waals surface area contributed by atoms with E-state index in [2.05, 4.69) is 22.8 Å². The molecule has 3 rings (SSSR count). The Hall–Kier alpha value is -2.28. The normalized spacial score (nSPS) is 16.2. The number of rotatable bonds is 12. The summed E-state index contributed by atoms with van der Waals surface area (Å²) >= 11 is 0. The van der Waals surface area contributed by atoms with E-state index in [1.807, 2.05) is 49.5 Å². The van der Waals surface area contributed by atoms with Gasteiger partial charge in [-0.25, -0.2) is 0 Å². The summed E-state index contributed by atoms with van der Waals surface area (Å²) in [6, 6.07) is 15.6. The third-order valence-electron chi connectivity index (χ3n) is 5.93. The minimum atomic E-state index is -0.567. The van der Waals surface area contributed by atoms with Gasteiger partial charge in [0.25, 0.3) is 0 Å². The molecule has 0 unspecified atom stereocenters. The number of methoxy groups -OCH3 is 1. The SMILES string of the molecule is COc1cc(CN(C)C[C@H](O)COc2ccccc2)ccc1OCCN1CCC(C)CC1. The predicted molar refractivity (Wildman–Crippen MR) is 128 cm³/mol. The summed E-state index contributed by atoms with van der Waals surface area (Å²) in [5.74, 6) is 3.14. The van der Waals surface area contributed by atoms with Crippen LogP contribution in [0.2, 0.25) is 0 Å². The molecule has 1 fully saturated rings. The average molecular weight is 443 g/mol. The van der Waals surface area contributed by atoms with Gasteiger partial charge in [-0.15, -0.1) is 0 Å². The Kier molecular flexibility index (Phi) is 9.65. The Bertz CT molecular complexity index is 794. The van der Waals surface area contributed by atoms with Crippen LogP contribution in [0.4, 0.5) is 0 Å². The summed E-state index contributed by atoms with van der Waals surface area (Å²) in [4.78, 5) is 4.55. The number of piperidine rings is 1. The molecule has 6 nitrogen and oxygen atoms in total. The van der Waals surface area contributed by atoms with Gasteiger partial charge < -0.3 is 19.3 Å². The molecule has 0 amide bonds. The number of hydrogen-bond donors (Lipinski definition) is 1. The van der Waals surface area contributed by atoms with Crippen LogP contribution in [-0.4, -0.2) is 74.6 Å². The third kappa shape index (κ3) is 8.01. The molecule has 1 aliphatic heterocycles. The highest BCUT2D eigenvalue weighted by atomic mass is 16.5. The van der Waals surface area contributed by atoms with Gasteiger partial charge >= 0.3 is 0 Å². The Morgan fingerprint density at radius 1 is 1.06 bits per heavy atom. The largest absolute Gasteiger partial charge is 0.493 e. The van der Waals surface area contributed by atoms with Gasteiger partial charge in [-0.3, -0.25) is 9.80 Å². The molecule has 6 heteroatoms. The lowest BCUT2D eigenvalue weighted by molar-refractivity contribution is 0.0743. The van der Waals surface area contributed by atoms with Gasteiger partial charge in [-0.2, -0.15) is 0 Å². The first-order chi connectivity index (χ1) is 15.5. The van der Waals surface area contributed by atoms with Crippen molar-refractivity contribution < 1.29 is 19.3 Å². The zero-order chi connectivity index (χ0) is 22.8. The fraction of sp³-hybridized carbons (Fsp3) is 0.538. The molecule has 1 N–H and O–H groups in total. The van der Waals surface area contributed by atoms with E-state index in [1.165, 1.54) is 12.8 Å². The van der Waals surface area contributed by atoms with Crippen molar-refractivity contribution >= 4 is 0 Å². The van der Waals surface area contributed by atoms with Crippen molar-refractivity contribution in [2.24, 2.45) is 5.92 Å². The van der Waals surface area contributed by atoms with Crippen LogP contribution < -0.4 is 14.2 Å². The smallest absolute Gasteiger partial charge is 0.161 e. The Labute approximate surface area is 192 Å². The summed E-state index contributed by atoms with van der Waals surface area (Å²) < 4.78 is 17.2. The zero-order valence-electron chi connectivity index (χ0n) is 19.7. The first kappa shape index (κ1) is 24.4. The maximum Gasteiger partial charge on any atom is 0.161 e. The van der Waals surface area contributed by atoms with E-state index >= 15 is 0 Å². The van der Waals surface area contributed by atoms with Crippen LogP contribution in [0.15, 0.2) is 48.5 Å². The van der Waals surface area contributed by atoms with E-state index < -0.39 is 6.10 Å². The van der Waals surface area contributed by atoms with Crippen LogP contribution in [0.3, 0.4) is 0 Å². The topological polar surface area (TPSA) is 54.4 Å². The Morgan fingerprint density at radius 2 is 1.81 bits per heavy atom. The molecule has 2 aromatic carbocycles. The fourth-order valence-electron chi connectivity index (χ4n) is 4.00. The summed E-state index contributed by atoms with van der Waals surface area (Å²) in [5.41, 5.74) is 1.11. The minimum Gasteiger partial charge on any atom is -0.493 e. The monoisotopic (exact) mass is 442 g/mol. The highest BCUT2D eigenvalue weighted by Gasteiger charge is 2.16. The maximum atomic E-state index is 10.3. The second kappa shape index (κ2) is 12.7. The van der Waals surface area contributed by atoms with Gasteiger partial charge in [0.05, 0.1) is 7.11 Å². The van der Waals surface area contributed by atoms with E-state index in [1.54, 1.807) is 7.11 Å². The predicted octanol–water partition coefficient (Wildman–Crippen LogP) is 3.68. The maximum absolute atomic E-state index is 10.3. The van der Waals surface area contributed by atoms with Crippen molar-refractivity contribution in [3.8, 4) is 17.2 Å². The number of para-hydroxylation sites is 1. The molecule has 1 atom stereocenters. The summed E-state index contributed by atoms with van der Waals surface area (Å²) in [6.07, 6.45) is 1.99. The van der Waals surface area contributed by atoms with E-state index in [4.69, 9.17) is 14.2 Å². The fourth-order valence-corrected chi connectivity index (χ4v) is 4.00. The van der Waals surface area contributed by atoms with Gasteiger partial charge in [-0.1, -0.05) is 31.2 Å². The van der Waals surface area contributed by atoms with Crippen molar-refractivity contribution in [2.75, 3.05) is 53.6 Å². The number of hydrogen-bond acceptors (Lipinski definition) is 6. The quantitative estimate of drug-likeness (QED) is 0.541. The van der Waals surface area contributed by atoms with Gasteiger partial charge in [0, 0.05) is 19.6 Å². The average Bonchev–Trinajstić information content (AvgIpc) is 2.80. The van der Waals surface area contributed by atoms with Crippen LogP contribution in [-0.2, 0) is 6.54 Å². The Morgan fingerprint density at radius 3 is 2.53 bits per heavy atom. The van der Waals surface area contributed by atoms with Crippen LogP contribution in [0.1, 0.15) is 25.3 Å². The minimum absolute atomic E-state index is 0.264. The van der Waals surface area contributed by atoms with Crippen molar-refractivity contribution in [1.82, 2.24) is 9.80 Å². The molecule has 176 valence electrons. The summed E-state index contributed by atoms with van der Waals surface area (Å²) in [5, 5.41) is 10.3. The number of likely N-dealkylation sites (tertiary alicyclic amines) is 1. The number of likely N-dealkylation sites (N-methyl/N-ethyl adjacent to an activating group) is 1. The number of nitrogens with zero attached hydrogens (tertiary/aromatic N) is 2. The van der Waals surface area contributed by atoms with E-state index in [0.29, 0.717) is 19.7 Å². The van der Waals surface area contributed by atoms with E-state index in [-0.39, 0.29) is 6.61 Å². The second-order valence-corrected chi connectivity index (χ2v) is 8.83. The van der Waals surface area contributed by atoms with E-state index in [9.17, 15) is 5.11 Å². The zero-order valence-corrected chi connectivity index (χ0v) is 19.7. The lowest BCUT2D eigenvalue weighted by Crippen LogP contribution is -2.35. The Balaban J connectivity index is 1.42. The molecule has 2 aromatic rings. The molecule has 32 heavy (non-hydrogen) atoms. The molecule has 1 aliphatic rings. The first-order valence-electron chi connectivity index (χ1n) is 11.6. The molecule has 1 saturated heterocycles. The van der Waals surface area contributed by atoms with Crippen LogP contribution >= 0.6 is 0 Å². The lowest BCUT2D eigenvalue weighted by Gasteiger charge is -2.30. The number of aliphatic hydroxyl groups is 1. The molecule has 0 bridgehead atoms. The molecule has 0 radical (unpaired) electrons. The van der Waals surface area contributed by atoms with Gasteiger partial charge in [0.2, 0.25) is 0 Å². The third-order valence-corrected chi connectivity index (χ3v) is 5.93. The number of benzene rings is 2. The standard InChI is InChI=1S/C26H38N2O4/c1-21-11-13-28(14-12-21)15-16-31-25-10-9-22(17-26(25)30-3)18-27(2)19-23(29)20-32-24-7-5-4-6-8-24/h4-10,17,21,23,29H,11-16,18-20H2,1-3H3/t23-/m0/s1. The van der Waals surface area contributed by atoms with Crippen molar-refractivity contribution in [1.29, 1.82) is 0 Å². The number of aliphatic hydroxyl groups excluding tert-OH is 1. The van der Waals surface area contributed by atoms with Crippen molar-refractivity contribution in [2.45, 2.75) is 32.4 Å².